The van der Waals surface area contributed by atoms with Crippen LogP contribution in [-0.4, -0.2) is 16.1 Å². The highest BCUT2D eigenvalue weighted by molar-refractivity contribution is 9.10. The van der Waals surface area contributed by atoms with Crippen LogP contribution >= 0.6 is 39.1 Å². The average molecular weight is 377 g/mol. The molecule has 1 amide bonds. The van der Waals surface area contributed by atoms with Crippen molar-refractivity contribution in [3.05, 3.63) is 50.4 Å². The summed E-state index contributed by atoms with van der Waals surface area (Å²) in [6, 6.07) is 6.73. The van der Waals surface area contributed by atoms with Crippen molar-refractivity contribution >= 4 is 50.7 Å². The van der Waals surface area contributed by atoms with Crippen LogP contribution in [0.4, 0.5) is 5.69 Å². The van der Waals surface area contributed by atoms with Gasteiger partial charge in [-0.05, 0) is 24.3 Å². The van der Waals surface area contributed by atoms with E-state index in [1.54, 1.807) is 12.1 Å². The zero-order valence-electron chi connectivity index (χ0n) is 9.82. The molecule has 0 aliphatic rings. The summed E-state index contributed by atoms with van der Waals surface area (Å²) in [7, 11) is 0. The predicted octanol–water partition coefficient (Wildman–Crippen LogP) is 4.42. The molecule has 0 saturated carbocycles. The van der Waals surface area contributed by atoms with Crippen molar-refractivity contribution in [3.63, 3.8) is 0 Å². The maximum atomic E-state index is 12.0. The van der Waals surface area contributed by atoms with E-state index in [1.807, 2.05) is 0 Å². The molecule has 0 atom stereocenters. The number of nitrogens with one attached hydrogen (secondary N) is 1. The molecule has 0 bridgehead atoms. The molecule has 4 nitrogen and oxygen atoms in total. The monoisotopic (exact) mass is 375 g/mol. The molecule has 2 aromatic rings. The fourth-order valence-electron chi connectivity index (χ4n) is 1.57. The van der Waals surface area contributed by atoms with Gasteiger partial charge in [-0.2, -0.15) is 0 Å². The van der Waals surface area contributed by atoms with E-state index >= 15 is 0 Å². The van der Waals surface area contributed by atoms with E-state index in [0.717, 1.165) is 6.07 Å². The molecular formula is C13H8BrCl2NO3. The number of phenolic OH excluding ortho intramolecular Hbond substituents is 2. The Balaban J connectivity index is 2.32. The first-order chi connectivity index (χ1) is 9.36. The quantitative estimate of drug-likeness (QED) is 0.726. The number of amides is 1. The number of aromatic hydroxyl groups is 2. The Morgan fingerprint density at radius 3 is 2.00 bits per heavy atom. The van der Waals surface area contributed by atoms with Crippen molar-refractivity contribution in [1.82, 2.24) is 0 Å². The normalized spacial score (nSPS) is 10.3. The molecule has 0 spiro atoms. The average Bonchev–Trinajstić information content (AvgIpc) is 2.32. The Kier molecular flexibility index (Phi) is 4.42. The third-order valence-corrected chi connectivity index (χ3v) is 3.46. The van der Waals surface area contributed by atoms with Gasteiger partial charge in [0.2, 0.25) is 0 Å². The summed E-state index contributed by atoms with van der Waals surface area (Å²) in [5.41, 5.74) is 0.335. The topological polar surface area (TPSA) is 69.6 Å². The summed E-state index contributed by atoms with van der Waals surface area (Å²) in [4.78, 5) is 12.0. The van der Waals surface area contributed by atoms with Crippen LogP contribution in [0.3, 0.4) is 0 Å². The first-order valence-corrected chi connectivity index (χ1v) is 6.90. The van der Waals surface area contributed by atoms with Crippen molar-refractivity contribution in [2.45, 2.75) is 0 Å². The Labute approximate surface area is 133 Å². The molecule has 0 aromatic heterocycles. The highest BCUT2D eigenvalue weighted by Gasteiger charge is 2.14. The van der Waals surface area contributed by atoms with Crippen LogP contribution in [-0.2, 0) is 0 Å². The largest absolute Gasteiger partial charge is 0.508 e. The number of phenols is 2. The zero-order valence-corrected chi connectivity index (χ0v) is 12.9. The molecule has 0 heterocycles. The number of hydrogen-bond donors (Lipinski definition) is 3. The van der Waals surface area contributed by atoms with Gasteiger partial charge in [-0.3, -0.25) is 4.79 Å². The molecule has 3 N–H and O–H groups in total. The van der Waals surface area contributed by atoms with Crippen LogP contribution < -0.4 is 5.32 Å². The lowest BCUT2D eigenvalue weighted by Gasteiger charge is -2.10. The minimum atomic E-state index is -0.553. The predicted molar refractivity (Wildman–Crippen MR) is 81.9 cm³/mol. The second-order valence-corrected chi connectivity index (χ2v) is 5.67. The summed E-state index contributed by atoms with van der Waals surface area (Å²) >= 11 is 15.2. The van der Waals surface area contributed by atoms with Gasteiger partial charge < -0.3 is 15.5 Å². The number of hydrogen-bond acceptors (Lipinski definition) is 3. The van der Waals surface area contributed by atoms with E-state index in [-0.39, 0.29) is 32.8 Å². The summed E-state index contributed by atoms with van der Waals surface area (Å²) in [6.45, 7) is 0. The highest BCUT2D eigenvalue weighted by Crippen LogP contribution is 2.34. The molecule has 104 valence electrons. The molecule has 0 aliphatic carbocycles. The summed E-state index contributed by atoms with van der Waals surface area (Å²) < 4.78 is 0.681. The van der Waals surface area contributed by atoms with Gasteiger partial charge in [-0.25, -0.2) is 0 Å². The van der Waals surface area contributed by atoms with Crippen molar-refractivity contribution in [2.75, 3.05) is 5.32 Å². The molecule has 0 saturated heterocycles. The number of benzene rings is 2. The van der Waals surface area contributed by atoms with Gasteiger partial charge in [0.1, 0.15) is 11.5 Å². The van der Waals surface area contributed by atoms with E-state index in [1.165, 1.54) is 12.1 Å². The van der Waals surface area contributed by atoms with Crippen molar-refractivity contribution < 1.29 is 15.0 Å². The summed E-state index contributed by atoms with van der Waals surface area (Å²) in [6.07, 6.45) is 0. The Morgan fingerprint density at radius 2 is 1.50 bits per heavy atom. The second-order valence-electron chi connectivity index (χ2n) is 3.94. The Morgan fingerprint density at radius 1 is 1.00 bits per heavy atom. The number of anilines is 1. The smallest absolute Gasteiger partial charge is 0.256 e. The third-order valence-electron chi connectivity index (χ3n) is 2.41. The van der Waals surface area contributed by atoms with Crippen LogP contribution in [0.5, 0.6) is 11.5 Å². The number of carbonyl (C=O) groups excluding carboxylic acids is 1. The summed E-state index contributed by atoms with van der Waals surface area (Å²) in [5.74, 6) is -0.992. The molecule has 0 radical (unpaired) electrons. The van der Waals surface area contributed by atoms with E-state index in [2.05, 4.69) is 21.2 Å². The molecule has 7 heteroatoms. The highest BCUT2D eigenvalue weighted by atomic mass is 79.9. The molecule has 2 aromatic carbocycles. The van der Waals surface area contributed by atoms with Crippen LogP contribution in [0.2, 0.25) is 10.0 Å². The maximum absolute atomic E-state index is 12.0. The zero-order chi connectivity index (χ0) is 14.9. The maximum Gasteiger partial charge on any atom is 0.256 e. The van der Waals surface area contributed by atoms with E-state index < -0.39 is 5.91 Å². The van der Waals surface area contributed by atoms with Gasteiger partial charge >= 0.3 is 0 Å². The number of rotatable bonds is 2. The van der Waals surface area contributed by atoms with Crippen molar-refractivity contribution in [2.24, 2.45) is 0 Å². The number of carbonyl (C=O) groups is 1. The van der Waals surface area contributed by atoms with Gasteiger partial charge in [0, 0.05) is 16.1 Å². The lowest BCUT2D eigenvalue weighted by Crippen LogP contribution is -2.12. The molecule has 0 fully saturated rings. The van der Waals surface area contributed by atoms with Gasteiger partial charge in [-0.1, -0.05) is 39.1 Å². The van der Waals surface area contributed by atoms with Gasteiger partial charge in [0.15, 0.2) is 0 Å². The van der Waals surface area contributed by atoms with Crippen LogP contribution in [0.15, 0.2) is 34.8 Å². The van der Waals surface area contributed by atoms with Crippen molar-refractivity contribution in [3.8, 4) is 11.5 Å². The summed E-state index contributed by atoms with van der Waals surface area (Å²) in [5, 5.41) is 21.8. The van der Waals surface area contributed by atoms with Gasteiger partial charge in [0.05, 0.1) is 15.7 Å². The molecular weight excluding hydrogens is 369 g/mol. The van der Waals surface area contributed by atoms with Crippen LogP contribution in [0.25, 0.3) is 0 Å². The van der Waals surface area contributed by atoms with E-state index in [9.17, 15) is 15.0 Å². The standard InChI is InChI=1S/C13H8BrCl2NO3/c14-7-3-10(15)12(11(16)4-7)17-13(20)6-1-8(18)5-9(19)2-6/h1-5,18-19H,(H,17,20). The van der Waals surface area contributed by atoms with E-state index in [0.29, 0.717) is 4.47 Å². The van der Waals surface area contributed by atoms with Gasteiger partial charge in [-0.15, -0.1) is 0 Å². The fraction of sp³-hybridized carbons (Fsp3) is 0. The first-order valence-electron chi connectivity index (χ1n) is 5.36. The lowest BCUT2D eigenvalue weighted by molar-refractivity contribution is 0.102. The van der Waals surface area contributed by atoms with Crippen molar-refractivity contribution in [1.29, 1.82) is 0 Å². The van der Waals surface area contributed by atoms with Crippen LogP contribution in [0.1, 0.15) is 10.4 Å². The SMILES string of the molecule is O=C(Nc1c(Cl)cc(Br)cc1Cl)c1cc(O)cc(O)c1. The lowest BCUT2D eigenvalue weighted by atomic mass is 10.2. The molecule has 0 unspecified atom stereocenters. The van der Waals surface area contributed by atoms with Crippen LogP contribution in [0, 0.1) is 0 Å². The Hall–Kier alpha value is -1.43. The minimum absolute atomic E-state index is 0.0811. The van der Waals surface area contributed by atoms with Gasteiger partial charge in [0.25, 0.3) is 5.91 Å². The minimum Gasteiger partial charge on any atom is -0.508 e. The second kappa shape index (κ2) is 5.91. The Bertz CT molecular complexity index is 648. The first kappa shape index (κ1) is 15.0. The molecule has 2 rings (SSSR count). The molecule has 20 heavy (non-hydrogen) atoms. The van der Waals surface area contributed by atoms with E-state index in [4.69, 9.17) is 23.2 Å². The number of halogens is 3. The fourth-order valence-corrected chi connectivity index (χ4v) is 2.88. The third kappa shape index (κ3) is 3.36. The molecule has 0 aliphatic heterocycles.